The normalized spacial score (nSPS) is 18.0. The van der Waals surface area contributed by atoms with Crippen molar-refractivity contribution in [2.24, 2.45) is 5.73 Å². The first-order valence-corrected chi connectivity index (χ1v) is 8.36. The Balaban J connectivity index is 1.98. The van der Waals surface area contributed by atoms with Gasteiger partial charge in [0, 0.05) is 32.4 Å². The van der Waals surface area contributed by atoms with E-state index in [0.29, 0.717) is 4.99 Å². The van der Waals surface area contributed by atoms with Crippen molar-refractivity contribution >= 4 is 45.6 Å². The summed E-state index contributed by atoms with van der Waals surface area (Å²) in [5.41, 5.74) is 5.88. The van der Waals surface area contributed by atoms with E-state index in [1.807, 2.05) is 6.20 Å². The molecular weight excluding hydrogens is 385 g/mol. The van der Waals surface area contributed by atoms with Crippen LogP contribution < -0.4 is 10.6 Å². The van der Waals surface area contributed by atoms with Crippen molar-refractivity contribution < 1.29 is 0 Å². The van der Waals surface area contributed by atoms with Gasteiger partial charge in [0.25, 0.3) is 0 Å². The van der Waals surface area contributed by atoms with Crippen molar-refractivity contribution in [2.75, 3.05) is 31.1 Å². The van der Waals surface area contributed by atoms with Crippen LogP contribution in [0.25, 0.3) is 0 Å². The number of hydrogen-bond donors (Lipinski definition) is 1. The molecule has 1 unspecified atom stereocenters. The second-order valence-electron chi connectivity index (χ2n) is 4.92. The fraction of sp³-hybridized carbons (Fsp3) is 0.615. The average Bonchev–Trinajstić information content (AvgIpc) is 2.45. The van der Waals surface area contributed by atoms with Crippen LogP contribution in [-0.4, -0.2) is 52.1 Å². The average molecular weight is 405 g/mol. The number of thiocarbonyl (C=S) groups is 1. The molecule has 1 aromatic rings. The van der Waals surface area contributed by atoms with E-state index < -0.39 is 0 Å². The smallest absolute Gasteiger partial charge is 0.145 e. The van der Waals surface area contributed by atoms with Gasteiger partial charge in [-0.3, -0.25) is 4.90 Å². The monoisotopic (exact) mass is 405 g/mol. The van der Waals surface area contributed by atoms with Crippen LogP contribution in [0.15, 0.2) is 12.5 Å². The third-order valence-electron chi connectivity index (χ3n) is 3.59. The van der Waals surface area contributed by atoms with Crippen LogP contribution in [0.5, 0.6) is 0 Å². The zero-order valence-electron chi connectivity index (χ0n) is 11.6. The minimum absolute atomic E-state index is 0.238. The molecule has 1 aliphatic rings. The summed E-state index contributed by atoms with van der Waals surface area (Å²) in [6, 6.07) is 0.238. The number of hydrogen-bond acceptors (Lipinski definition) is 5. The number of anilines is 1. The molecule has 5 nitrogen and oxygen atoms in total. The quantitative estimate of drug-likeness (QED) is 0.594. The minimum atomic E-state index is 0.238. The zero-order valence-corrected chi connectivity index (χ0v) is 14.6. The van der Waals surface area contributed by atoms with Gasteiger partial charge in [0.05, 0.1) is 14.6 Å². The lowest BCUT2D eigenvalue weighted by atomic mass is 10.1. The van der Waals surface area contributed by atoms with E-state index in [1.54, 1.807) is 6.33 Å². The summed E-state index contributed by atoms with van der Waals surface area (Å²) >= 11 is 7.49. The van der Waals surface area contributed by atoms with Gasteiger partial charge >= 0.3 is 0 Å². The fourth-order valence-corrected chi connectivity index (χ4v) is 3.47. The van der Waals surface area contributed by atoms with Gasteiger partial charge in [-0.05, 0) is 29.0 Å². The lowest BCUT2D eigenvalue weighted by Gasteiger charge is -2.39. The molecular formula is C13H20IN5S. The summed E-state index contributed by atoms with van der Waals surface area (Å²) in [6.45, 7) is 6.03. The molecule has 2 rings (SSSR count). The summed E-state index contributed by atoms with van der Waals surface area (Å²) < 4.78 is 1.10. The summed E-state index contributed by atoms with van der Waals surface area (Å²) in [5, 5.41) is 0. The van der Waals surface area contributed by atoms with Crippen molar-refractivity contribution in [3.05, 3.63) is 16.1 Å². The van der Waals surface area contributed by atoms with Gasteiger partial charge in [-0.25, -0.2) is 9.97 Å². The van der Waals surface area contributed by atoms with E-state index in [0.717, 1.165) is 48.4 Å². The predicted octanol–water partition coefficient (Wildman–Crippen LogP) is 1.66. The van der Waals surface area contributed by atoms with Gasteiger partial charge in [0.2, 0.25) is 0 Å². The predicted molar refractivity (Wildman–Crippen MR) is 94.0 cm³/mol. The van der Waals surface area contributed by atoms with E-state index in [4.69, 9.17) is 18.0 Å². The van der Waals surface area contributed by atoms with Crippen molar-refractivity contribution in [1.82, 2.24) is 14.9 Å². The highest BCUT2D eigenvalue weighted by atomic mass is 127. The molecule has 1 aromatic heterocycles. The maximum absolute atomic E-state index is 5.88. The number of nitrogens with zero attached hydrogens (tertiary/aromatic N) is 4. The van der Waals surface area contributed by atoms with Crippen molar-refractivity contribution in [1.29, 1.82) is 0 Å². The summed E-state index contributed by atoms with van der Waals surface area (Å²) in [7, 11) is 0. The molecule has 1 aliphatic heterocycles. The van der Waals surface area contributed by atoms with Crippen LogP contribution in [0.1, 0.15) is 19.8 Å². The second kappa shape index (κ2) is 7.46. The third kappa shape index (κ3) is 3.76. The topological polar surface area (TPSA) is 58.3 Å². The Bertz CT molecular complexity index is 462. The Morgan fingerprint density at radius 3 is 2.70 bits per heavy atom. The Hall–Kier alpha value is -0.540. The van der Waals surface area contributed by atoms with Gasteiger partial charge in [0.15, 0.2) is 0 Å². The van der Waals surface area contributed by atoms with E-state index in [2.05, 4.69) is 49.3 Å². The largest absolute Gasteiger partial charge is 0.392 e. The first-order chi connectivity index (χ1) is 9.63. The molecule has 2 N–H and O–H groups in total. The minimum Gasteiger partial charge on any atom is -0.392 e. The summed E-state index contributed by atoms with van der Waals surface area (Å²) in [5.74, 6) is 1.03. The molecule has 0 amide bonds. The summed E-state index contributed by atoms with van der Waals surface area (Å²) in [6.07, 6.45) is 5.61. The van der Waals surface area contributed by atoms with E-state index in [9.17, 15) is 0 Å². The van der Waals surface area contributed by atoms with Crippen molar-refractivity contribution in [3.8, 4) is 0 Å². The lowest BCUT2D eigenvalue weighted by molar-refractivity contribution is 0.219. The maximum atomic E-state index is 5.88. The Morgan fingerprint density at radius 1 is 1.45 bits per heavy atom. The Labute approximate surface area is 139 Å². The number of aromatic nitrogens is 2. The van der Waals surface area contributed by atoms with Crippen LogP contribution in [0, 0.1) is 3.57 Å². The Morgan fingerprint density at radius 2 is 2.15 bits per heavy atom. The fourth-order valence-electron chi connectivity index (χ4n) is 2.56. The highest BCUT2D eigenvalue weighted by molar-refractivity contribution is 14.1. The molecule has 0 spiro atoms. The van der Waals surface area contributed by atoms with Gasteiger partial charge < -0.3 is 10.6 Å². The number of piperazine rings is 1. The summed E-state index contributed by atoms with van der Waals surface area (Å²) in [4.78, 5) is 13.8. The van der Waals surface area contributed by atoms with E-state index in [1.165, 1.54) is 0 Å². The number of halogens is 1. The molecule has 0 aliphatic carbocycles. The lowest BCUT2D eigenvalue weighted by Crippen LogP contribution is -2.54. The van der Waals surface area contributed by atoms with Crippen LogP contribution in [0.3, 0.4) is 0 Å². The first kappa shape index (κ1) is 15.8. The molecule has 7 heteroatoms. The SMILES string of the molecule is CCCC(C(N)=S)N1CCN(c2ncncc2I)CC1. The highest BCUT2D eigenvalue weighted by Gasteiger charge is 2.26. The van der Waals surface area contributed by atoms with Gasteiger partial charge in [-0.15, -0.1) is 0 Å². The van der Waals surface area contributed by atoms with Gasteiger partial charge in [0.1, 0.15) is 12.1 Å². The Kier molecular flexibility index (Phi) is 5.91. The van der Waals surface area contributed by atoms with Gasteiger partial charge in [-0.1, -0.05) is 25.6 Å². The maximum Gasteiger partial charge on any atom is 0.145 e. The molecule has 1 atom stereocenters. The molecule has 20 heavy (non-hydrogen) atoms. The molecule has 0 bridgehead atoms. The van der Waals surface area contributed by atoms with E-state index >= 15 is 0 Å². The molecule has 0 aromatic carbocycles. The number of nitrogens with two attached hydrogens (primary N) is 1. The molecule has 1 fully saturated rings. The van der Waals surface area contributed by atoms with Gasteiger partial charge in [-0.2, -0.15) is 0 Å². The van der Waals surface area contributed by atoms with Crippen LogP contribution >= 0.6 is 34.8 Å². The van der Waals surface area contributed by atoms with Crippen LogP contribution in [0.2, 0.25) is 0 Å². The molecule has 110 valence electrons. The molecule has 2 heterocycles. The molecule has 1 saturated heterocycles. The first-order valence-electron chi connectivity index (χ1n) is 6.87. The molecule has 0 saturated carbocycles. The van der Waals surface area contributed by atoms with Crippen LogP contribution in [-0.2, 0) is 0 Å². The standard InChI is InChI=1S/C13H20IN5S/c1-2-3-11(12(15)20)18-4-6-19(7-5-18)13-10(14)8-16-9-17-13/h8-9,11H,2-7H2,1H3,(H2,15,20). The third-order valence-corrected chi connectivity index (χ3v) is 4.63. The van der Waals surface area contributed by atoms with E-state index in [-0.39, 0.29) is 6.04 Å². The highest BCUT2D eigenvalue weighted by Crippen LogP contribution is 2.21. The van der Waals surface area contributed by atoms with Crippen molar-refractivity contribution in [3.63, 3.8) is 0 Å². The van der Waals surface area contributed by atoms with Crippen molar-refractivity contribution in [2.45, 2.75) is 25.8 Å². The molecule has 0 radical (unpaired) electrons. The number of rotatable bonds is 5. The van der Waals surface area contributed by atoms with Crippen LogP contribution in [0.4, 0.5) is 5.82 Å². The zero-order chi connectivity index (χ0) is 14.5. The second-order valence-corrected chi connectivity index (χ2v) is 6.56.